The minimum atomic E-state index is -0.262. The smallest absolute Gasteiger partial charge is 0.205 e. The Balaban J connectivity index is 1.80. The molecule has 186 valence electrons. The Bertz CT molecular complexity index is 976. The van der Waals surface area contributed by atoms with Crippen molar-refractivity contribution < 1.29 is 28.1 Å². The summed E-state index contributed by atoms with van der Waals surface area (Å²) >= 11 is 6.56. The molecule has 34 heavy (non-hydrogen) atoms. The van der Waals surface area contributed by atoms with Gasteiger partial charge in [-0.15, -0.1) is 0 Å². The molecular formula is C26H33ClFNO5. The van der Waals surface area contributed by atoms with Gasteiger partial charge in [0.25, 0.3) is 0 Å². The number of carbonyl (C=O) groups excluding carboxylic acids is 1. The summed E-state index contributed by atoms with van der Waals surface area (Å²) in [4.78, 5) is 14.8. The van der Waals surface area contributed by atoms with Crippen molar-refractivity contribution in [1.29, 1.82) is 0 Å². The largest absolute Gasteiger partial charge is 0.491 e. The van der Waals surface area contributed by atoms with E-state index in [-0.39, 0.29) is 17.5 Å². The Hall–Kier alpha value is -2.35. The number of carbonyl (C=O) groups is 1. The second-order valence-electron chi connectivity index (χ2n) is 8.45. The summed E-state index contributed by atoms with van der Waals surface area (Å²) < 4.78 is 36.5. The molecule has 1 aliphatic heterocycles. The Morgan fingerprint density at radius 1 is 1.12 bits per heavy atom. The molecule has 2 aromatic rings. The van der Waals surface area contributed by atoms with Gasteiger partial charge in [0.1, 0.15) is 12.4 Å². The summed E-state index contributed by atoms with van der Waals surface area (Å²) in [7, 11) is 1.51. The van der Waals surface area contributed by atoms with Gasteiger partial charge < -0.3 is 18.9 Å². The molecule has 1 aliphatic rings. The summed E-state index contributed by atoms with van der Waals surface area (Å²) in [6, 6.07) is 6.46. The standard InChI is InChI=1S/C26H33ClFNO5/c1-17(20-5-7-21(28)8-6-20)9-13-33-26-24(34-16-12-29-10-14-32-15-11-29)22(19(3)30)18(2)23(27)25(26)31-4/h5-8,17H,9-16H2,1-4H3. The molecule has 0 radical (unpaired) electrons. The van der Waals surface area contributed by atoms with E-state index >= 15 is 0 Å². The van der Waals surface area contributed by atoms with E-state index in [0.717, 1.165) is 18.7 Å². The highest BCUT2D eigenvalue weighted by Gasteiger charge is 2.27. The fourth-order valence-corrected chi connectivity index (χ4v) is 4.30. The molecule has 0 aromatic heterocycles. The third-order valence-electron chi connectivity index (χ3n) is 6.09. The molecule has 0 bridgehead atoms. The molecular weight excluding hydrogens is 461 g/mol. The lowest BCUT2D eigenvalue weighted by molar-refractivity contribution is 0.0320. The summed E-state index contributed by atoms with van der Waals surface area (Å²) in [5, 5.41) is 0.329. The number of methoxy groups -OCH3 is 1. The predicted octanol–water partition coefficient (Wildman–Crippen LogP) is 5.28. The van der Waals surface area contributed by atoms with Gasteiger partial charge in [-0.3, -0.25) is 9.69 Å². The molecule has 0 saturated carbocycles. The molecule has 8 heteroatoms. The molecule has 0 N–H and O–H groups in total. The van der Waals surface area contributed by atoms with Crippen molar-refractivity contribution in [2.24, 2.45) is 0 Å². The van der Waals surface area contributed by atoms with E-state index in [9.17, 15) is 9.18 Å². The van der Waals surface area contributed by atoms with Crippen LogP contribution in [-0.4, -0.2) is 63.9 Å². The maximum Gasteiger partial charge on any atom is 0.205 e. The molecule has 1 saturated heterocycles. The number of morpholine rings is 1. The monoisotopic (exact) mass is 493 g/mol. The zero-order valence-electron chi connectivity index (χ0n) is 20.3. The van der Waals surface area contributed by atoms with Crippen molar-refractivity contribution in [1.82, 2.24) is 4.90 Å². The lowest BCUT2D eigenvalue weighted by Crippen LogP contribution is -2.38. The van der Waals surface area contributed by atoms with Crippen LogP contribution in [0.15, 0.2) is 24.3 Å². The zero-order valence-corrected chi connectivity index (χ0v) is 21.0. The SMILES string of the molecule is COc1c(Cl)c(C)c(C(C)=O)c(OCCN2CCOCC2)c1OCCC(C)c1ccc(F)cc1. The van der Waals surface area contributed by atoms with Gasteiger partial charge in [-0.25, -0.2) is 4.39 Å². The van der Waals surface area contributed by atoms with Crippen LogP contribution in [0.5, 0.6) is 17.2 Å². The third kappa shape index (κ3) is 6.40. The molecule has 0 spiro atoms. The lowest BCUT2D eigenvalue weighted by Gasteiger charge is -2.27. The van der Waals surface area contributed by atoms with E-state index in [4.69, 9.17) is 30.5 Å². The predicted molar refractivity (Wildman–Crippen MR) is 130 cm³/mol. The van der Waals surface area contributed by atoms with Crippen molar-refractivity contribution in [2.75, 3.05) is 53.2 Å². The fourth-order valence-electron chi connectivity index (χ4n) is 4.04. The van der Waals surface area contributed by atoms with Crippen LogP contribution in [0, 0.1) is 12.7 Å². The van der Waals surface area contributed by atoms with Gasteiger partial charge in [0.05, 0.1) is 37.5 Å². The van der Waals surface area contributed by atoms with Crippen LogP contribution in [0.1, 0.15) is 47.7 Å². The first-order valence-electron chi connectivity index (χ1n) is 11.6. The van der Waals surface area contributed by atoms with Gasteiger partial charge in [0, 0.05) is 19.6 Å². The average Bonchev–Trinajstić information content (AvgIpc) is 2.82. The number of ether oxygens (including phenoxy) is 4. The Morgan fingerprint density at radius 2 is 1.76 bits per heavy atom. The van der Waals surface area contributed by atoms with E-state index in [1.165, 1.54) is 26.2 Å². The summed E-state index contributed by atoms with van der Waals surface area (Å²) in [5.41, 5.74) is 2.01. The first-order valence-corrected chi connectivity index (χ1v) is 11.9. The van der Waals surface area contributed by atoms with Crippen LogP contribution in [0.3, 0.4) is 0 Å². The van der Waals surface area contributed by atoms with Gasteiger partial charge in [-0.05, 0) is 49.4 Å². The van der Waals surface area contributed by atoms with Gasteiger partial charge in [0.2, 0.25) is 5.75 Å². The minimum absolute atomic E-state index is 0.144. The first-order chi connectivity index (χ1) is 16.3. The Labute approximate surface area is 205 Å². The highest BCUT2D eigenvalue weighted by atomic mass is 35.5. The maximum absolute atomic E-state index is 13.2. The number of halogens is 2. The summed E-state index contributed by atoms with van der Waals surface area (Å²) in [6.07, 6.45) is 0.670. The van der Waals surface area contributed by atoms with Crippen molar-refractivity contribution in [3.05, 3.63) is 51.8 Å². The van der Waals surface area contributed by atoms with Gasteiger partial charge in [0.15, 0.2) is 17.3 Å². The molecule has 2 aromatic carbocycles. The number of hydrogen-bond donors (Lipinski definition) is 0. The molecule has 0 amide bonds. The van der Waals surface area contributed by atoms with E-state index in [1.54, 1.807) is 19.1 Å². The highest BCUT2D eigenvalue weighted by molar-refractivity contribution is 6.34. The van der Waals surface area contributed by atoms with Crippen LogP contribution in [0.25, 0.3) is 0 Å². The molecule has 1 heterocycles. The van der Waals surface area contributed by atoms with E-state index in [2.05, 4.69) is 11.8 Å². The molecule has 1 fully saturated rings. The van der Waals surface area contributed by atoms with Crippen LogP contribution < -0.4 is 14.2 Å². The summed E-state index contributed by atoms with van der Waals surface area (Å²) in [5.74, 6) is 0.755. The average molecular weight is 494 g/mol. The normalized spacial score (nSPS) is 15.1. The lowest BCUT2D eigenvalue weighted by atomic mass is 9.98. The van der Waals surface area contributed by atoms with Crippen molar-refractivity contribution in [2.45, 2.75) is 33.1 Å². The highest BCUT2D eigenvalue weighted by Crippen LogP contribution is 2.48. The summed E-state index contributed by atoms with van der Waals surface area (Å²) in [6.45, 7) is 9.82. The van der Waals surface area contributed by atoms with Crippen LogP contribution in [0.4, 0.5) is 4.39 Å². The van der Waals surface area contributed by atoms with Gasteiger partial charge in [-0.1, -0.05) is 30.7 Å². The minimum Gasteiger partial charge on any atom is -0.491 e. The van der Waals surface area contributed by atoms with Gasteiger partial charge >= 0.3 is 0 Å². The molecule has 6 nitrogen and oxygen atoms in total. The number of hydrogen-bond acceptors (Lipinski definition) is 6. The molecule has 1 atom stereocenters. The molecule has 1 unspecified atom stereocenters. The maximum atomic E-state index is 13.2. The second-order valence-corrected chi connectivity index (χ2v) is 8.83. The van der Waals surface area contributed by atoms with Crippen LogP contribution in [0.2, 0.25) is 5.02 Å². The fraction of sp³-hybridized carbons (Fsp3) is 0.500. The van der Waals surface area contributed by atoms with Crippen LogP contribution >= 0.6 is 11.6 Å². The quantitative estimate of drug-likeness (QED) is 0.397. The Morgan fingerprint density at radius 3 is 2.38 bits per heavy atom. The van der Waals surface area contributed by atoms with E-state index in [1.807, 2.05) is 0 Å². The van der Waals surface area contributed by atoms with Crippen molar-refractivity contribution >= 4 is 17.4 Å². The number of rotatable bonds is 11. The number of nitrogens with zero attached hydrogens (tertiary/aromatic N) is 1. The number of ketones is 1. The second kappa shape index (κ2) is 12.4. The first kappa shape index (κ1) is 26.3. The molecule has 3 rings (SSSR count). The van der Waals surface area contributed by atoms with Crippen molar-refractivity contribution in [3.8, 4) is 17.2 Å². The van der Waals surface area contributed by atoms with Crippen LogP contribution in [-0.2, 0) is 4.74 Å². The third-order valence-corrected chi connectivity index (χ3v) is 6.55. The topological polar surface area (TPSA) is 57.2 Å². The Kier molecular flexibility index (Phi) is 9.56. The van der Waals surface area contributed by atoms with E-state index < -0.39 is 0 Å². The van der Waals surface area contributed by atoms with Gasteiger partial charge in [-0.2, -0.15) is 0 Å². The van der Waals surface area contributed by atoms with Crippen molar-refractivity contribution in [3.63, 3.8) is 0 Å². The number of Topliss-reactive ketones (excluding diaryl/α,β-unsaturated/α-hetero) is 1. The van der Waals surface area contributed by atoms with E-state index in [0.29, 0.717) is 72.8 Å². The zero-order chi connectivity index (χ0) is 24.7. The molecule has 0 aliphatic carbocycles. The number of benzene rings is 2.